The van der Waals surface area contributed by atoms with Gasteiger partial charge in [-0.25, -0.2) is 4.98 Å². The summed E-state index contributed by atoms with van der Waals surface area (Å²) in [5, 5.41) is 10.0. The third kappa shape index (κ3) is 3.48. The lowest BCUT2D eigenvalue weighted by Crippen LogP contribution is -2.23. The Morgan fingerprint density at radius 1 is 1.06 bits per heavy atom. The van der Waals surface area contributed by atoms with Gasteiger partial charge in [-0.15, -0.1) is 10.2 Å². The fraction of sp³-hybridized carbons (Fsp3) is 0.261. The van der Waals surface area contributed by atoms with Gasteiger partial charge in [-0.05, 0) is 43.2 Å². The van der Waals surface area contributed by atoms with Gasteiger partial charge in [-0.2, -0.15) is 0 Å². The molecule has 0 aliphatic carbocycles. The third-order valence-electron chi connectivity index (χ3n) is 5.44. The summed E-state index contributed by atoms with van der Waals surface area (Å²) in [7, 11) is 0. The maximum absolute atomic E-state index is 13.1. The van der Waals surface area contributed by atoms with Crippen LogP contribution in [0.15, 0.2) is 63.4 Å². The minimum Gasteiger partial charge on any atom is -0.276 e. The van der Waals surface area contributed by atoms with Gasteiger partial charge >= 0.3 is 0 Å². The van der Waals surface area contributed by atoms with Gasteiger partial charge in [0, 0.05) is 24.6 Å². The zero-order valence-electron chi connectivity index (χ0n) is 17.9. The van der Waals surface area contributed by atoms with E-state index in [0.29, 0.717) is 40.0 Å². The average molecular weight is 447 g/mol. The van der Waals surface area contributed by atoms with Crippen LogP contribution in [-0.4, -0.2) is 28.5 Å². The Morgan fingerprint density at radius 2 is 1.91 bits per heavy atom. The van der Waals surface area contributed by atoms with Gasteiger partial charge in [0.05, 0.1) is 16.6 Å². The van der Waals surface area contributed by atoms with E-state index >= 15 is 0 Å². The van der Waals surface area contributed by atoms with Crippen molar-refractivity contribution in [1.29, 1.82) is 0 Å². The molecule has 1 aromatic carbocycles. The molecule has 0 unspecified atom stereocenters. The lowest BCUT2D eigenvalue weighted by molar-refractivity contribution is 0.620. The molecular formula is C23H22N6O2S. The summed E-state index contributed by atoms with van der Waals surface area (Å²) in [6.07, 6.45) is 3.60. The largest absolute Gasteiger partial charge is 0.276 e. The van der Waals surface area contributed by atoms with E-state index in [-0.39, 0.29) is 11.1 Å². The first-order valence-corrected chi connectivity index (χ1v) is 11.5. The number of rotatable bonds is 6. The molecular weight excluding hydrogens is 424 g/mol. The Morgan fingerprint density at radius 3 is 2.75 bits per heavy atom. The van der Waals surface area contributed by atoms with Crippen LogP contribution in [0.25, 0.3) is 22.3 Å². The smallest absolute Gasteiger partial charge is 0.262 e. The molecule has 0 atom stereocenters. The zero-order valence-corrected chi connectivity index (χ0v) is 18.7. The SMILES string of the molecule is CCCCn1c(=O)c2ccccc2n2c(SCc3cc(=O)n4ccc(C)cc4n3)nnc12. The molecule has 0 amide bonds. The second-order valence-electron chi connectivity index (χ2n) is 7.75. The monoisotopic (exact) mass is 446 g/mol. The number of benzene rings is 1. The molecule has 4 aromatic heterocycles. The second kappa shape index (κ2) is 8.23. The molecule has 0 aliphatic rings. The van der Waals surface area contributed by atoms with E-state index in [0.717, 1.165) is 23.9 Å². The number of unbranched alkanes of at least 4 members (excludes halogenated alkanes) is 1. The van der Waals surface area contributed by atoms with Gasteiger partial charge in [0.15, 0.2) is 5.16 Å². The van der Waals surface area contributed by atoms with Crippen molar-refractivity contribution in [2.24, 2.45) is 0 Å². The Balaban J connectivity index is 1.58. The van der Waals surface area contributed by atoms with E-state index in [1.165, 1.54) is 16.2 Å². The maximum Gasteiger partial charge on any atom is 0.262 e. The van der Waals surface area contributed by atoms with Crippen LogP contribution in [0.3, 0.4) is 0 Å². The van der Waals surface area contributed by atoms with Crippen molar-refractivity contribution in [2.45, 2.75) is 44.1 Å². The van der Waals surface area contributed by atoms with Crippen LogP contribution in [-0.2, 0) is 12.3 Å². The molecule has 0 saturated heterocycles. The molecule has 0 fully saturated rings. The van der Waals surface area contributed by atoms with E-state index in [4.69, 9.17) is 0 Å². The Bertz CT molecular complexity index is 1580. The van der Waals surface area contributed by atoms with Crippen molar-refractivity contribution >= 4 is 34.1 Å². The first-order chi connectivity index (χ1) is 15.6. The predicted molar refractivity (Wildman–Crippen MR) is 125 cm³/mol. The zero-order chi connectivity index (χ0) is 22.2. The van der Waals surface area contributed by atoms with Crippen molar-refractivity contribution in [1.82, 2.24) is 28.5 Å². The van der Waals surface area contributed by atoms with Gasteiger partial charge in [-0.3, -0.25) is 23.0 Å². The maximum atomic E-state index is 13.1. The molecule has 0 aliphatic heterocycles. The number of aryl methyl sites for hydroxylation is 2. The van der Waals surface area contributed by atoms with Gasteiger partial charge < -0.3 is 0 Å². The number of aromatic nitrogens is 6. The van der Waals surface area contributed by atoms with Gasteiger partial charge in [0.25, 0.3) is 11.1 Å². The topological polar surface area (TPSA) is 86.6 Å². The van der Waals surface area contributed by atoms with E-state index in [1.807, 2.05) is 47.7 Å². The van der Waals surface area contributed by atoms with Gasteiger partial charge in [-0.1, -0.05) is 37.2 Å². The highest BCUT2D eigenvalue weighted by molar-refractivity contribution is 7.98. The van der Waals surface area contributed by atoms with Crippen molar-refractivity contribution in [3.8, 4) is 0 Å². The van der Waals surface area contributed by atoms with Crippen molar-refractivity contribution in [3.05, 3.63) is 80.6 Å². The van der Waals surface area contributed by atoms with Gasteiger partial charge in [0.2, 0.25) is 5.78 Å². The van der Waals surface area contributed by atoms with Gasteiger partial charge in [0.1, 0.15) is 5.65 Å². The molecule has 32 heavy (non-hydrogen) atoms. The molecule has 0 bridgehead atoms. The van der Waals surface area contributed by atoms with Crippen LogP contribution in [0, 0.1) is 6.92 Å². The van der Waals surface area contributed by atoms with E-state index in [1.54, 1.807) is 16.8 Å². The number of fused-ring (bicyclic) bond motifs is 4. The molecule has 0 N–H and O–H groups in total. The summed E-state index contributed by atoms with van der Waals surface area (Å²) in [4.78, 5) is 30.2. The lowest BCUT2D eigenvalue weighted by atomic mass is 10.2. The molecule has 9 heteroatoms. The highest BCUT2D eigenvalue weighted by Gasteiger charge is 2.17. The molecule has 5 aromatic rings. The standard InChI is InChI=1S/C23H22N6O2S/c1-3-4-10-28-21(31)17-7-5-6-8-18(17)29-22(28)25-26-23(29)32-14-16-13-20(30)27-11-9-15(2)12-19(27)24-16/h5-9,11-13H,3-4,10,14H2,1-2H3. The fourth-order valence-electron chi connectivity index (χ4n) is 3.81. The number of thioether (sulfide) groups is 1. The summed E-state index contributed by atoms with van der Waals surface area (Å²) >= 11 is 1.45. The van der Waals surface area contributed by atoms with E-state index in [9.17, 15) is 9.59 Å². The molecule has 162 valence electrons. The van der Waals surface area contributed by atoms with E-state index in [2.05, 4.69) is 22.1 Å². The number of para-hydroxylation sites is 1. The minimum absolute atomic E-state index is 0.0508. The number of hydrogen-bond acceptors (Lipinski definition) is 6. The number of hydrogen-bond donors (Lipinski definition) is 0. The van der Waals surface area contributed by atoms with E-state index < -0.39 is 0 Å². The fourth-order valence-corrected chi connectivity index (χ4v) is 4.64. The Kier molecular flexibility index (Phi) is 5.26. The van der Waals surface area contributed by atoms with Crippen molar-refractivity contribution in [3.63, 3.8) is 0 Å². The summed E-state index contributed by atoms with van der Waals surface area (Å²) in [6, 6.07) is 12.8. The Hall–Kier alpha value is -3.46. The minimum atomic E-state index is -0.115. The molecule has 0 radical (unpaired) electrons. The highest BCUT2D eigenvalue weighted by Crippen LogP contribution is 2.24. The van der Waals surface area contributed by atoms with Crippen molar-refractivity contribution in [2.75, 3.05) is 0 Å². The van der Waals surface area contributed by atoms with Crippen LogP contribution in [0.5, 0.6) is 0 Å². The molecule has 8 nitrogen and oxygen atoms in total. The first-order valence-electron chi connectivity index (χ1n) is 10.5. The number of pyridine rings is 1. The summed E-state index contributed by atoms with van der Waals surface area (Å²) in [6.45, 7) is 4.66. The molecule has 5 rings (SSSR count). The Labute approximate surface area is 187 Å². The summed E-state index contributed by atoms with van der Waals surface area (Å²) in [5.74, 6) is 0.995. The van der Waals surface area contributed by atoms with Crippen molar-refractivity contribution < 1.29 is 0 Å². The molecule has 4 heterocycles. The highest BCUT2D eigenvalue weighted by atomic mass is 32.2. The third-order valence-corrected chi connectivity index (χ3v) is 6.40. The van der Waals surface area contributed by atoms with Crippen LogP contribution in [0.1, 0.15) is 31.0 Å². The van der Waals surface area contributed by atoms with Crippen LogP contribution >= 0.6 is 11.8 Å². The average Bonchev–Trinajstić information content (AvgIpc) is 3.21. The summed E-state index contributed by atoms with van der Waals surface area (Å²) < 4.78 is 5.16. The quantitative estimate of drug-likeness (QED) is 0.371. The number of nitrogens with zero attached hydrogens (tertiary/aromatic N) is 6. The first kappa shape index (κ1) is 20.4. The molecule has 0 spiro atoms. The van der Waals surface area contributed by atoms with Crippen LogP contribution < -0.4 is 11.1 Å². The lowest BCUT2D eigenvalue weighted by Gasteiger charge is -2.11. The predicted octanol–water partition coefficient (Wildman–Crippen LogP) is 3.45. The summed E-state index contributed by atoms with van der Waals surface area (Å²) in [5.41, 5.74) is 2.95. The second-order valence-corrected chi connectivity index (χ2v) is 8.69. The molecule has 0 saturated carbocycles. The van der Waals surface area contributed by atoms with Crippen LogP contribution in [0.4, 0.5) is 0 Å². The normalized spacial score (nSPS) is 11.7. The van der Waals surface area contributed by atoms with Crippen LogP contribution in [0.2, 0.25) is 0 Å².